The molecule has 0 aromatic rings. The van der Waals surface area contributed by atoms with E-state index in [1.165, 1.54) is 5.57 Å². The molecular formula is C11H16N2. The van der Waals surface area contributed by atoms with Crippen LogP contribution in [0.2, 0.25) is 0 Å². The van der Waals surface area contributed by atoms with E-state index in [4.69, 9.17) is 0 Å². The van der Waals surface area contributed by atoms with Crippen LogP contribution < -0.4 is 5.43 Å². The van der Waals surface area contributed by atoms with Gasteiger partial charge < -0.3 is 5.43 Å². The molecule has 1 N–H and O–H groups in total. The molecule has 0 saturated carbocycles. The van der Waals surface area contributed by atoms with E-state index in [2.05, 4.69) is 49.5 Å². The topological polar surface area (TPSA) is 24.4 Å². The highest BCUT2D eigenvalue weighted by Gasteiger charge is 2.33. The van der Waals surface area contributed by atoms with E-state index in [1.54, 1.807) is 0 Å². The van der Waals surface area contributed by atoms with Gasteiger partial charge in [0.05, 0.1) is 6.04 Å². The fourth-order valence-corrected chi connectivity index (χ4v) is 1.93. The van der Waals surface area contributed by atoms with Gasteiger partial charge in [0.1, 0.15) is 0 Å². The zero-order chi connectivity index (χ0) is 9.47. The SMILES string of the molecule is CC(C)(C)C1=CC=CC2C=NNC12. The average Bonchev–Trinajstić information content (AvgIpc) is 2.48. The van der Waals surface area contributed by atoms with Crippen molar-refractivity contribution in [1.29, 1.82) is 0 Å². The van der Waals surface area contributed by atoms with Gasteiger partial charge >= 0.3 is 0 Å². The Kier molecular flexibility index (Phi) is 1.79. The molecule has 0 aromatic carbocycles. The molecule has 2 heteroatoms. The predicted molar refractivity (Wildman–Crippen MR) is 55.6 cm³/mol. The first-order chi connectivity index (χ1) is 6.09. The number of hydrogen-bond donors (Lipinski definition) is 1. The average molecular weight is 176 g/mol. The number of allylic oxidation sites excluding steroid dienone is 2. The number of hydrazone groups is 1. The summed E-state index contributed by atoms with van der Waals surface area (Å²) in [5, 5.41) is 4.12. The van der Waals surface area contributed by atoms with Gasteiger partial charge in [0.15, 0.2) is 0 Å². The largest absolute Gasteiger partial charge is 0.302 e. The Hall–Kier alpha value is -1.05. The van der Waals surface area contributed by atoms with E-state index >= 15 is 0 Å². The molecule has 0 spiro atoms. The van der Waals surface area contributed by atoms with Crippen LogP contribution in [0.25, 0.3) is 0 Å². The molecule has 13 heavy (non-hydrogen) atoms. The second kappa shape index (κ2) is 2.72. The third-order valence-corrected chi connectivity index (χ3v) is 2.66. The molecular weight excluding hydrogens is 160 g/mol. The van der Waals surface area contributed by atoms with E-state index in [0.717, 1.165) is 0 Å². The van der Waals surface area contributed by atoms with Crippen LogP contribution in [0.1, 0.15) is 20.8 Å². The molecule has 2 atom stereocenters. The van der Waals surface area contributed by atoms with Crippen LogP contribution >= 0.6 is 0 Å². The number of nitrogens with zero attached hydrogens (tertiary/aromatic N) is 1. The van der Waals surface area contributed by atoms with Crippen molar-refractivity contribution in [2.24, 2.45) is 16.4 Å². The summed E-state index contributed by atoms with van der Waals surface area (Å²) in [7, 11) is 0. The maximum absolute atomic E-state index is 4.12. The normalized spacial score (nSPS) is 31.2. The van der Waals surface area contributed by atoms with Crippen LogP contribution in [0.5, 0.6) is 0 Å². The summed E-state index contributed by atoms with van der Waals surface area (Å²) >= 11 is 0. The maximum atomic E-state index is 4.12. The molecule has 2 aliphatic rings. The summed E-state index contributed by atoms with van der Waals surface area (Å²) in [6.07, 6.45) is 8.53. The summed E-state index contributed by atoms with van der Waals surface area (Å²) in [5.41, 5.74) is 4.84. The molecule has 0 bridgehead atoms. The van der Waals surface area contributed by atoms with Crippen molar-refractivity contribution in [3.8, 4) is 0 Å². The zero-order valence-corrected chi connectivity index (χ0v) is 8.41. The highest BCUT2D eigenvalue weighted by molar-refractivity contribution is 5.68. The Bertz CT molecular complexity index is 292. The number of rotatable bonds is 0. The molecule has 70 valence electrons. The van der Waals surface area contributed by atoms with Crippen LogP contribution in [0.3, 0.4) is 0 Å². The third kappa shape index (κ3) is 1.41. The predicted octanol–water partition coefficient (Wildman–Crippen LogP) is 2.10. The Morgan fingerprint density at radius 2 is 2.15 bits per heavy atom. The van der Waals surface area contributed by atoms with Gasteiger partial charge in [-0.05, 0) is 11.0 Å². The molecule has 0 fully saturated rings. The fourth-order valence-electron chi connectivity index (χ4n) is 1.93. The number of hydrogen-bond acceptors (Lipinski definition) is 2. The van der Waals surface area contributed by atoms with Crippen molar-refractivity contribution < 1.29 is 0 Å². The molecule has 2 unspecified atom stereocenters. The van der Waals surface area contributed by atoms with Crippen molar-refractivity contribution in [2.75, 3.05) is 0 Å². The van der Waals surface area contributed by atoms with Gasteiger partial charge in [0.2, 0.25) is 0 Å². The lowest BCUT2D eigenvalue weighted by atomic mass is 9.76. The minimum absolute atomic E-state index is 0.231. The third-order valence-electron chi connectivity index (χ3n) is 2.66. The number of nitrogens with one attached hydrogen (secondary N) is 1. The summed E-state index contributed by atoms with van der Waals surface area (Å²) < 4.78 is 0. The van der Waals surface area contributed by atoms with Crippen LogP contribution in [-0.2, 0) is 0 Å². The highest BCUT2D eigenvalue weighted by atomic mass is 15.3. The van der Waals surface area contributed by atoms with E-state index in [0.29, 0.717) is 12.0 Å². The Labute approximate surface area is 79.4 Å². The van der Waals surface area contributed by atoms with Crippen LogP contribution in [0.15, 0.2) is 28.9 Å². The molecule has 2 rings (SSSR count). The number of fused-ring (bicyclic) bond motifs is 1. The Morgan fingerprint density at radius 1 is 1.38 bits per heavy atom. The molecule has 2 nitrogen and oxygen atoms in total. The first-order valence-corrected chi connectivity index (χ1v) is 4.76. The van der Waals surface area contributed by atoms with Gasteiger partial charge in [0, 0.05) is 12.1 Å². The lowest BCUT2D eigenvalue weighted by molar-refractivity contribution is 0.422. The molecule has 0 amide bonds. The summed E-state index contributed by atoms with van der Waals surface area (Å²) in [6, 6.07) is 0.394. The second-order valence-corrected chi connectivity index (χ2v) is 4.72. The quantitative estimate of drug-likeness (QED) is 0.600. The lowest BCUT2D eigenvalue weighted by Gasteiger charge is -2.31. The van der Waals surface area contributed by atoms with E-state index < -0.39 is 0 Å². The monoisotopic (exact) mass is 176 g/mol. The van der Waals surface area contributed by atoms with Crippen LogP contribution in [-0.4, -0.2) is 12.3 Å². The van der Waals surface area contributed by atoms with Crippen molar-refractivity contribution in [2.45, 2.75) is 26.8 Å². The first-order valence-electron chi connectivity index (χ1n) is 4.76. The zero-order valence-electron chi connectivity index (χ0n) is 8.41. The molecule has 0 saturated heterocycles. The molecule has 1 aliphatic carbocycles. The standard InChI is InChI=1S/C11H16N2/c1-11(2,3)9-6-4-5-8-7-12-13-10(8)9/h4-8,10,13H,1-3H3. The minimum atomic E-state index is 0.231. The van der Waals surface area contributed by atoms with E-state index in [-0.39, 0.29) is 5.41 Å². The lowest BCUT2D eigenvalue weighted by Crippen LogP contribution is -2.35. The first kappa shape index (κ1) is 8.54. The van der Waals surface area contributed by atoms with Crippen LogP contribution in [0.4, 0.5) is 0 Å². The molecule has 0 radical (unpaired) electrons. The molecule has 1 aliphatic heterocycles. The second-order valence-electron chi connectivity index (χ2n) is 4.72. The van der Waals surface area contributed by atoms with Gasteiger partial charge in [-0.1, -0.05) is 39.0 Å². The van der Waals surface area contributed by atoms with E-state index in [1.807, 2.05) is 6.21 Å². The summed E-state index contributed by atoms with van der Waals surface area (Å²) in [4.78, 5) is 0. The van der Waals surface area contributed by atoms with Gasteiger partial charge in [-0.15, -0.1) is 0 Å². The Balaban J connectivity index is 2.30. The van der Waals surface area contributed by atoms with Gasteiger partial charge in [-0.25, -0.2) is 0 Å². The van der Waals surface area contributed by atoms with Crippen molar-refractivity contribution in [1.82, 2.24) is 5.43 Å². The van der Waals surface area contributed by atoms with Crippen LogP contribution in [0, 0.1) is 11.3 Å². The van der Waals surface area contributed by atoms with Crippen molar-refractivity contribution in [3.05, 3.63) is 23.8 Å². The summed E-state index contributed by atoms with van der Waals surface area (Å²) in [5.74, 6) is 0.458. The van der Waals surface area contributed by atoms with Gasteiger partial charge in [0.25, 0.3) is 0 Å². The summed E-state index contributed by atoms with van der Waals surface area (Å²) in [6.45, 7) is 6.74. The highest BCUT2D eigenvalue weighted by Crippen LogP contribution is 2.34. The smallest absolute Gasteiger partial charge is 0.0770 e. The minimum Gasteiger partial charge on any atom is -0.302 e. The van der Waals surface area contributed by atoms with Crippen molar-refractivity contribution in [3.63, 3.8) is 0 Å². The molecule has 0 aromatic heterocycles. The van der Waals surface area contributed by atoms with E-state index in [9.17, 15) is 0 Å². The molecule has 1 heterocycles. The maximum Gasteiger partial charge on any atom is 0.0770 e. The fraction of sp³-hybridized carbons (Fsp3) is 0.545. The van der Waals surface area contributed by atoms with Gasteiger partial charge in [-0.2, -0.15) is 5.10 Å². The van der Waals surface area contributed by atoms with Gasteiger partial charge in [-0.3, -0.25) is 0 Å². The van der Waals surface area contributed by atoms with Crippen molar-refractivity contribution >= 4 is 6.21 Å². The Morgan fingerprint density at radius 3 is 2.85 bits per heavy atom.